The van der Waals surface area contributed by atoms with Gasteiger partial charge < -0.3 is 15.0 Å². The van der Waals surface area contributed by atoms with Gasteiger partial charge in [0.05, 0.1) is 17.3 Å². The number of amides is 1. The molecule has 0 aliphatic carbocycles. The van der Waals surface area contributed by atoms with Crippen LogP contribution in [0.5, 0.6) is 0 Å². The molecule has 21 heavy (non-hydrogen) atoms. The summed E-state index contributed by atoms with van der Waals surface area (Å²) >= 11 is 6.19. The van der Waals surface area contributed by atoms with E-state index < -0.39 is 0 Å². The quantitative estimate of drug-likeness (QED) is 0.922. The highest BCUT2D eigenvalue weighted by molar-refractivity contribution is 6.31. The van der Waals surface area contributed by atoms with Gasteiger partial charge >= 0.3 is 6.09 Å². The number of ether oxygens (including phenoxy) is 1. The SMILES string of the molecule is CCOC(=O)N1CCN(Cc2nc(NC)ccc2Cl)CC1. The van der Waals surface area contributed by atoms with Gasteiger partial charge in [0.1, 0.15) is 5.82 Å². The third-order valence-electron chi connectivity index (χ3n) is 3.45. The summed E-state index contributed by atoms with van der Waals surface area (Å²) in [6, 6.07) is 3.70. The molecule has 0 atom stereocenters. The largest absolute Gasteiger partial charge is 0.450 e. The molecule has 0 saturated carbocycles. The molecule has 6 nitrogen and oxygen atoms in total. The summed E-state index contributed by atoms with van der Waals surface area (Å²) in [5.41, 5.74) is 0.855. The lowest BCUT2D eigenvalue weighted by molar-refractivity contribution is 0.0775. The van der Waals surface area contributed by atoms with Crippen molar-refractivity contribution in [2.24, 2.45) is 0 Å². The average Bonchev–Trinajstić information content (AvgIpc) is 2.50. The molecule has 2 heterocycles. The molecule has 1 aromatic heterocycles. The zero-order valence-electron chi connectivity index (χ0n) is 12.4. The van der Waals surface area contributed by atoms with E-state index in [1.165, 1.54) is 0 Å². The highest BCUT2D eigenvalue weighted by Crippen LogP contribution is 2.19. The van der Waals surface area contributed by atoms with Crippen LogP contribution in [-0.4, -0.2) is 60.7 Å². The lowest BCUT2D eigenvalue weighted by atomic mass is 10.2. The maximum absolute atomic E-state index is 11.6. The van der Waals surface area contributed by atoms with E-state index in [9.17, 15) is 4.79 Å². The van der Waals surface area contributed by atoms with Crippen LogP contribution in [0.2, 0.25) is 5.02 Å². The van der Waals surface area contributed by atoms with Gasteiger partial charge in [-0.25, -0.2) is 9.78 Å². The van der Waals surface area contributed by atoms with Crippen molar-refractivity contribution < 1.29 is 9.53 Å². The Balaban J connectivity index is 1.90. The van der Waals surface area contributed by atoms with Gasteiger partial charge in [-0.3, -0.25) is 4.90 Å². The lowest BCUT2D eigenvalue weighted by Crippen LogP contribution is -2.48. The van der Waals surface area contributed by atoms with Crippen LogP contribution in [0.3, 0.4) is 0 Å². The van der Waals surface area contributed by atoms with Crippen molar-refractivity contribution in [1.29, 1.82) is 0 Å². The number of pyridine rings is 1. The van der Waals surface area contributed by atoms with Gasteiger partial charge in [-0.2, -0.15) is 0 Å². The van der Waals surface area contributed by atoms with Crippen molar-refractivity contribution in [2.75, 3.05) is 45.2 Å². The predicted molar refractivity (Wildman–Crippen MR) is 82.7 cm³/mol. The molecule has 1 aliphatic heterocycles. The predicted octanol–water partition coefficient (Wildman–Crippen LogP) is 2.05. The zero-order valence-corrected chi connectivity index (χ0v) is 13.2. The van der Waals surface area contributed by atoms with E-state index in [-0.39, 0.29) is 6.09 Å². The van der Waals surface area contributed by atoms with Crippen molar-refractivity contribution in [1.82, 2.24) is 14.8 Å². The van der Waals surface area contributed by atoms with Crippen LogP contribution >= 0.6 is 11.6 Å². The Kier molecular flexibility index (Phi) is 5.64. The number of rotatable bonds is 4. The molecular weight excluding hydrogens is 292 g/mol. The molecule has 0 unspecified atom stereocenters. The van der Waals surface area contributed by atoms with E-state index in [0.717, 1.165) is 24.6 Å². The molecular formula is C14H21ClN4O2. The molecule has 1 N–H and O–H groups in total. The van der Waals surface area contributed by atoms with Gasteiger partial charge in [0.2, 0.25) is 0 Å². The maximum atomic E-state index is 11.6. The molecule has 0 aromatic carbocycles. The van der Waals surface area contributed by atoms with Crippen LogP contribution in [0.15, 0.2) is 12.1 Å². The Hall–Kier alpha value is -1.53. The standard InChI is InChI=1S/C14H21ClN4O2/c1-3-21-14(20)19-8-6-18(7-9-19)10-12-11(15)4-5-13(16-2)17-12/h4-5H,3,6-10H2,1-2H3,(H,16,17). The van der Waals surface area contributed by atoms with Gasteiger partial charge in [-0.05, 0) is 19.1 Å². The van der Waals surface area contributed by atoms with Crippen molar-refractivity contribution in [2.45, 2.75) is 13.5 Å². The monoisotopic (exact) mass is 312 g/mol. The normalized spacial score (nSPS) is 15.9. The Labute approximate surface area is 130 Å². The fraction of sp³-hybridized carbons (Fsp3) is 0.571. The van der Waals surface area contributed by atoms with Crippen LogP contribution in [0.4, 0.5) is 10.6 Å². The highest BCUT2D eigenvalue weighted by atomic mass is 35.5. The van der Waals surface area contributed by atoms with E-state index in [2.05, 4.69) is 15.2 Å². The van der Waals surface area contributed by atoms with Crippen LogP contribution < -0.4 is 5.32 Å². The minimum atomic E-state index is -0.231. The van der Waals surface area contributed by atoms with Crippen molar-refractivity contribution in [3.05, 3.63) is 22.8 Å². The molecule has 116 valence electrons. The third-order valence-corrected chi connectivity index (χ3v) is 3.79. The number of carbonyl (C=O) groups excluding carboxylic acids is 1. The van der Waals surface area contributed by atoms with Crippen LogP contribution in [-0.2, 0) is 11.3 Å². The van der Waals surface area contributed by atoms with Crippen molar-refractivity contribution in [3.8, 4) is 0 Å². The Morgan fingerprint density at radius 1 is 1.38 bits per heavy atom. The summed E-state index contributed by atoms with van der Waals surface area (Å²) in [4.78, 5) is 20.1. The fourth-order valence-electron chi connectivity index (χ4n) is 2.25. The number of halogens is 1. The molecule has 1 aromatic rings. The van der Waals surface area contributed by atoms with Crippen LogP contribution in [0, 0.1) is 0 Å². The van der Waals surface area contributed by atoms with E-state index in [4.69, 9.17) is 16.3 Å². The fourth-order valence-corrected chi connectivity index (χ4v) is 2.41. The zero-order chi connectivity index (χ0) is 15.2. The minimum Gasteiger partial charge on any atom is -0.450 e. The molecule has 0 spiro atoms. The van der Waals surface area contributed by atoms with E-state index in [0.29, 0.717) is 31.3 Å². The first-order valence-electron chi connectivity index (χ1n) is 7.11. The van der Waals surface area contributed by atoms with Crippen molar-refractivity contribution in [3.63, 3.8) is 0 Å². The molecule has 0 bridgehead atoms. The Morgan fingerprint density at radius 2 is 2.10 bits per heavy atom. The summed E-state index contributed by atoms with van der Waals surface area (Å²) in [5, 5.41) is 3.68. The van der Waals surface area contributed by atoms with Gasteiger partial charge in [0, 0.05) is 39.8 Å². The van der Waals surface area contributed by atoms with E-state index in [1.54, 1.807) is 4.90 Å². The van der Waals surface area contributed by atoms with Crippen molar-refractivity contribution >= 4 is 23.5 Å². The Bertz CT molecular complexity index is 490. The number of aromatic nitrogens is 1. The second-order valence-corrected chi connectivity index (χ2v) is 5.24. The van der Waals surface area contributed by atoms with Gasteiger partial charge in [-0.1, -0.05) is 11.6 Å². The number of nitrogens with one attached hydrogen (secondary N) is 1. The first-order chi connectivity index (χ1) is 10.1. The second kappa shape index (κ2) is 7.47. The van der Waals surface area contributed by atoms with E-state index in [1.807, 2.05) is 26.1 Å². The molecule has 1 amide bonds. The van der Waals surface area contributed by atoms with Crippen LogP contribution in [0.1, 0.15) is 12.6 Å². The first-order valence-corrected chi connectivity index (χ1v) is 7.49. The number of hydrogen-bond donors (Lipinski definition) is 1. The highest BCUT2D eigenvalue weighted by Gasteiger charge is 2.22. The lowest BCUT2D eigenvalue weighted by Gasteiger charge is -2.33. The number of hydrogen-bond acceptors (Lipinski definition) is 5. The topological polar surface area (TPSA) is 57.7 Å². The minimum absolute atomic E-state index is 0.231. The number of nitrogens with zero attached hydrogens (tertiary/aromatic N) is 3. The summed E-state index contributed by atoms with van der Waals surface area (Å²) in [6.07, 6.45) is -0.231. The molecule has 1 aliphatic rings. The average molecular weight is 313 g/mol. The van der Waals surface area contributed by atoms with Gasteiger partial charge in [0.15, 0.2) is 0 Å². The number of piperazine rings is 1. The summed E-state index contributed by atoms with van der Waals surface area (Å²) in [5.74, 6) is 0.805. The molecule has 0 radical (unpaired) electrons. The summed E-state index contributed by atoms with van der Waals surface area (Å²) in [6.45, 7) is 5.84. The number of carbonyl (C=O) groups is 1. The molecule has 1 fully saturated rings. The Morgan fingerprint density at radius 3 is 2.71 bits per heavy atom. The van der Waals surface area contributed by atoms with Crippen LogP contribution in [0.25, 0.3) is 0 Å². The molecule has 2 rings (SSSR count). The molecule has 1 saturated heterocycles. The number of anilines is 1. The first kappa shape index (κ1) is 15.9. The smallest absolute Gasteiger partial charge is 0.409 e. The van der Waals surface area contributed by atoms with Gasteiger partial charge in [0.25, 0.3) is 0 Å². The van der Waals surface area contributed by atoms with Gasteiger partial charge in [-0.15, -0.1) is 0 Å². The maximum Gasteiger partial charge on any atom is 0.409 e. The molecule has 7 heteroatoms. The second-order valence-electron chi connectivity index (χ2n) is 4.84. The third kappa shape index (κ3) is 4.22. The van der Waals surface area contributed by atoms with E-state index >= 15 is 0 Å². The summed E-state index contributed by atoms with van der Waals surface area (Å²) in [7, 11) is 1.83. The summed E-state index contributed by atoms with van der Waals surface area (Å²) < 4.78 is 5.01.